The minimum atomic E-state index is -3.72. The van der Waals surface area contributed by atoms with Gasteiger partial charge in [0.1, 0.15) is 11.4 Å². The minimum absolute atomic E-state index is 0.0597. The summed E-state index contributed by atoms with van der Waals surface area (Å²) in [6, 6.07) is 2.14. The second kappa shape index (κ2) is 6.29. The van der Waals surface area contributed by atoms with E-state index in [4.69, 9.17) is 16.3 Å². The van der Waals surface area contributed by atoms with E-state index in [1.54, 1.807) is 20.8 Å². The van der Waals surface area contributed by atoms with E-state index in [1.807, 2.05) is 0 Å². The molecule has 0 N–H and O–H groups in total. The van der Waals surface area contributed by atoms with Crippen molar-refractivity contribution >= 4 is 27.7 Å². The van der Waals surface area contributed by atoms with Crippen LogP contribution in [0.4, 0.5) is 4.39 Å². The lowest BCUT2D eigenvalue weighted by Gasteiger charge is -2.19. The largest absolute Gasteiger partial charge is 0.456 e. The van der Waals surface area contributed by atoms with Crippen molar-refractivity contribution in [3.8, 4) is 0 Å². The summed E-state index contributed by atoms with van der Waals surface area (Å²) in [6.07, 6.45) is 0.841. The summed E-state index contributed by atoms with van der Waals surface area (Å²) < 4.78 is 45.3. The fourth-order valence-electron chi connectivity index (χ4n) is 1.36. The van der Waals surface area contributed by atoms with E-state index in [0.29, 0.717) is 0 Å². The predicted octanol–water partition coefficient (Wildman–Crippen LogP) is 2.91. The normalized spacial score (nSPS) is 12.3. The molecule has 0 unspecified atom stereocenters. The third-order valence-corrected chi connectivity index (χ3v) is 3.08. The number of hydrogen-bond acceptors (Lipinski definition) is 5. The number of carbonyl (C=O) groups is 1. The number of hydrogen-bond donors (Lipinski definition) is 0. The summed E-state index contributed by atoms with van der Waals surface area (Å²) in [7, 11) is -3.72. The van der Waals surface area contributed by atoms with Crippen molar-refractivity contribution in [1.29, 1.82) is 0 Å². The smallest absolute Gasteiger partial charge is 0.338 e. The van der Waals surface area contributed by atoms with Crippen molar-refractivity contribution in [2.24, 2.45) is 0 Å². The lowest BCUT2D eigenvalue weighted by Crippen LogP contribution is -2.24. The Bertz CT molecular complexity index is 626. The van der Waals surface area contributed by atoms with E-state index >= 15 is 0 Å². The molecule has 0 aromatic heterocycles. The van der Waals surface area contributed by atoms with Crippen molar-refractivity contribution in [1.82, 2.24) is 0 Å². The second-order valence-corrected chi connectivity index (χ2v) is 7.44. The van der Waals surface area contributed by atoms with Gasteiger partial charge in [-0.25, -0.2) is 9.18 Å². The molecule has 21 heavy (non-hydrogen) atoms. The quantitative estimate of drug-likeness (QED) is 0.623. The topological polar surface area (TPSA) is 69.7 Å². The van der Waals surface area contributed by atoms with Crippen molar-refractivity contribution in [2.75, 3.05) is 6.26 Å². The van der Waals surface area contributed by atoms with Crippen molar-refractivity contribution in [3.63, 3.8) is 0 Å². The summed E-state index contributed by atoms with van der Waals surface area (Å²) in [6.45, 7) is 4.49. The molecule has 0 atom stereocenters. The molecule has 118 valence electrons. The molecule has 0 saturated heterocycles. The molecular formula is C13H16ClFO5S. The Morgan fingerprint density at radius 2 is 1.90 bits per heavy atom. The first-order chi connectivity index (χ1) is 9.39. The molecule has 0 aliphatic carbocycles. The lowest BCUT2D eigenvalue weighted by molar-refractivity contribution is 0.00688. The van der Waals surface area contributed by atoms with Crippen LogP contribution in [-0.2, 0) is 25.6 Å². The van der Waals surface area contributed by atoms with Gasteiger partial charge < -0.3 is 4.74 Å². The van der Waals surface area contributed by atoms with Gasteiger partial charge in [-0.05, 0) is 32.9 Å². The molecule has 0 aliphatic rings. The average Bonchev–Trinajstić information content (AvgIpc) is 2.23. The molecule has 1 aromatic rings. The molecule has 8 heteroatoms. The van der Waals surface area contributed by atoms with Crippen LogP contribution < -0.4 is 0 Å². The van der Waals surface area contributed by atoms with Gasteiger partial charge in [-0.2, -0.15) is 8.42 Å². The molecule has 0 aliphatic heterocycles. The van der Waals surface area contributed by atoms with Gasteiger partial charge in [0.05, 0.1) is 18.4 Å². The number of esters is 1. The van der Waals surface area contributed by atoms with E-state index in [1.165, 1.54) is 6.07 Å². The first-order valence-corrected chi connectivity index (χ1v) is 8.14. The molecule has 0 saturated carbocycles. The van der Waals surface area contributed by atoms with Gasteiger partial charge in [-0.1, -0.05) is 11.6 Å². The summed E-state index contributed by atoms with van der Waals surface area (Å²) in [4.78, 5) is 11.8. The lowest BCUT2D eigenvalue weighted by atomic mass is 10.1. The van der Waals surface area contributed by atoms with Crippen molar-refractivity contribution in [2.45, 2.75) is 33.0 Å². The van der Waals surface area contributed by atoms with Gasteiger partial charge in [0.2, 0.25) is 0 Å². The Hall–Kier alpha value is -1.18. The summed E-state index contributed by atoms with van der Waals surface area (Å²) in [5, 5.41) is -0.112. The molecule has 1 rings (SSSR count). The molecule has 0 bridgehead atoms. The fraction of sp³-hybridized carbons (Fsp3) is 0.462. The number of halogens is 2. The fourth-order valence-corrected chi connectivity index (χ4v) is 1.96. The maximum Gasteiger partial charge on any atom is 0.338 e. The number of carbonyl (C=O) groups excluding carboxylic acids is 1. The van der Waals surface area contributed by atoms with Crippen LogP contribution in [0.15, 0.2) is 12.1 Å². The first-order valence-electron chi connectivity index (χ1n) is 5.95. The highest BCUT2D eigenvalue weighted by Gasteiger charge is 2.21. The number of rotatable bonds is 4. The van der Waals surface area contributed by atoms with E-state index < -0.39 is 34.1 Å². The Morgan fingerprint density at radius 3 is 2.33 bits per heavy atom. The van der Waals surface area contributed by atoms with Crippen LogP contribution in [0.1, 0.15) is 36.7 Å². The van der Waals surface area contributed by atoms with Crippen LogP contribution in [0.5, 0.6) is 0 Å². The highest BCUT2D eigenvalue weighted by atomic mass is 35.5. The highest BCUT2D eigenvalue weighted by Crippen LogP contribution is 2.24. The minimum Gasteiger partial charge on any atom is -0.456 e. The Labute approximate surface area is 128 Å². The zero-order valence-corrected chi connectivity index (χ0v) is 13.6. The van der Waals surface area contributed by atoms with E-state index in [-0.39, 0.29) is 16.1 Å². The molecular weight excluding hydrogens is 323 g/mol. The molecule has 1 aromatic carbocycles. The third-order valence-electron chi connectivity index (χ3n) is 2.19. The van der Waals surface area contributed by atoms with Crippen LogP contribution in [0.3, 0.4) is 0 Å². The Kier molecular flexibility index (Phi) is 5.35. The van der Waals surface area contributed by atoms with Crippen LogP contribution in [0.2, 0.25) is 5.02 Å². The van der Waals surface area contributed by atoms with Gasteiger partial charge in [0.25, 0.3) is 10.1 Å². The standard InChI is InChI=1S/C13H16ClFO5S/c1-13(2,3)20-12(16)8-5-10(14)9(11(15)6-8)7-19-21(4,17)18/h5-6H,7H2,1-4H3. The molecule has 0 spiro atoms. The van der Waals surface area contributed by atoms with Gasteiger partial charge in [0.15, 0.2) is 0 Å². The third kappa shape index (κ3) is 5.99. The summed E-state index contributed by atoms with van der Waals surface area (Å²) >= 11 is 5.86. The zero-order chi connectivity index (χ0) is 16.4. The Balaban J connectivity index is 3.02. The molecule has 0 fully saturated rings. The van der Waals surface area contributed by atoms with E-state index in [2.05, 4.69) is 4.18 Å². The number of benzene rings is 1. The molecule has 0 radical (unpaired) electrons. The Morgan fingerprint density at radius 1 is 1.33 bits per heavy atom. The second-order valence-electron chi connectivity index (χ2n) is 5.39. The summed E-state index contributed by atoms with van der Waals surface area (Å²) in [5.41, 5.74) is -0.928. The monoisotopic (exact) mass is 338 g/mol. The van der Waals surface area contributed by atoms with Crippen LogP contribution in [-0.4, -0.2) is 26.2 Å². The SMILES string of the molecule is CC(C)(C)OC(=O)c1cc(F)c(COS(C)(=O)=O)c(Cl)c1. The maximum atomic E-state index is 13.9. The molecule has 0 heterocycles. The van der Waals surface area contributed by atoms with Gasteiger partial charge in [-0.3, -0.25) is 4.18 Å². The number of ether oxygens (including phenoxy) is 1. The van der Waals surface area contributed by atoms with Gasteiger partial charge >= 0.3 is 5.97 Å². The van der Waals surface area contributed by atoms with E-state index in [9.17, 15) is 17.6 Å². The molecule has 0 amide bonds. The highest BCUT2D eigenvalue weighted by molar-refractivity contribution is 7.85. The van der Waals surface area contributed by atoms with Crippen LogP contribution in [0.25, 0.3) is 0 Å². The van der Waals surface area contributed by atoms with Crippen LogP contribution in [0, 0.1) is 5.82 Å². The first kappa shape index (κ1) is 17.9. The van der Waals surface area contributed by atoms with Gasteiger partial charge in [-0.15, -0.1) is 0 Å². The summed E-state index contributed by atoms with van der Waals surface area (Å²) in [5.74, 6) is -1.56. The van der Waals surface area contributed by atoms with Gasteiger partial charge in [0, 0.05) is 10.6 Å². The van der Waals surface area contributed by atoms with Crippen molar-refractivity contribution in [3.05, 3.63) is 34.1 Å². The molecule has 5 nitrogen and oxygen atoms in total. The van der Waals surface area contributed by atoms with Crippen molar-refractivity contribution < 1.29 is 26.5 Å². The maximum absolute atomic E-state index is 13.9. The van der Waals surface area contributed by atoms with Crippen LogP contribution >= 0.6 is 11.6 Å². The predicted molar refractivity (Wildman–Crippen MR) is 76.2 cm³/mol. The average molecular weight is 339 g/mol. The zero-order valence-electron chi connectivity index (χ0n) is 12.1. The van der Waals surface area contributed by atoms with E-state index in [0.717, 1.165) is 12.3 Å².